The minimum absolute atomic E-state index is 0.0870. The zero-order valence-corrected chi connectivity index (χ0v) is 17.0. The number of likely N-dealkylation sites (tertiary alicyclic amines) is 1. The zero-order valence-electron chi connectivity index (χ0n) is 16.2. The van der Waals surface area contributed by atoms with Crippen LogP contribution < -0.4 is 4.74 Å². The number of piperidine rings is 1. The van der Waals surface area contributed by atoms with Crippen LogP contribution in [0.5, 0.6) is 5.75 Å². The maximum absolute atomic E-state index is 13.4. The van der Waals surface area contributed by atoms with Crippen molar-refractivity contribution in [1.82, 2.24) is 9.88 Å². The third-order valence-electron chi connectivity index (χ3n) is 6.14. The molecule has 5 heteroatoms. The molecule has 0 aliphatic carbocycles. The molecule has 144 valence electrons. The summed E-state index contributed by atoms with van der Waals surface area (Å²) in [5.74, 6) is 1.50. The van der Waals surface area contributed by atoms with Crippen molar-refractivity contribution in [3.8, 4) is 5.75 Å². The highest BCUT2D eigenvalue weighted by atomic mass is 32.1. The molecule has 1 saturated heterocycles. The van der Waals surface area contributed by atoms with Gasteiger partial charge in [0.1, 0.15) is 11.9 Å². The lowest BCUT2D eigenvalue weighted by Crippen LogP contribution is -2.39. The molecule has 0 N–H and O–H groups in total. The number of amides is 1. The topological polar surface area (TPSA) is 42.4 Å². The van der Waals surface area contributed by atoms with E-state index in [9.17, 15) is 4.79 Å². The van der Waals surface area contributed by atoms with Crippen molar-refractivity contribution < 1.29 is 9.53 Å². The second-order valence-electron chi connectivity index (χ2n) is 7.95. The molecule has 0 radical (unpaired) electrons. The molecule has 0 unspecified atom stereocenters. The first-order valence-electron chi connectivity index (χ1n) is 10.1. The van der Waals surface area contributed by atoms with Gasteiger partial charge in [-0.05, 0) is 38.0 Å². The van der Waals surface area contributed by atoms with Crippen LogP contribution in [0.15, 0.2) is 42.5 Å². The smallest absolute Gasteiger partial charge is 0.257 e. The van der Waals surface area contributed by atoms with E-state index in [2.05, 4.69) is 38.1 Å². The largest absolute Gasteiger partial charge is 0.489 e. The van der Waals surface area contributed by atoms with Crippen LogP contribution in [0.3, 0.4) is 0 Å². The van der Waals surface area contributed by atoms with Gasteiger partial charge in [0.05, 0.1) is 20.8 Å². The predicted octanol–water partition coefficient (Wildman–Crippen LogP) is 5.20. The molecule has 4 nitrogen and oxygen atoms in total. The number of para-hydroxylation sites is 2. The van der Waals surface area contributed by atoms with Crippen LogP contribution in [0.2, 0.25) is 0 Å². The Morgan fingerprint density at radius 2 is 2.04 bits per heavy atom. The molecule has 0 saturated carbocycles. The number of nitrogens with zero attached hydrogens (tertiary/aromatic N) is 2. The quantitative estimate of drug-likeness (QED) is 0.602. The molecule has 3 atom stereocenters. The minimum Gasteiger partial charge on any atom is -0.489 e. The fraction of sp³-hybridized carbons (Fsp3) is 0.391. The van der Waals surface area contributed by atoms with E-state index in [-0.39, 0.29) is 12.0 Å². The molecule has 1 amide bonds. The van der Waals surface area contributed by atoms with Crippen LogP contribution in [0.1, 0.15) is 59.5 Å². The van der Waals surface area contributed by atoms with Crippen LogP contribution >= 0.6 is 11.3 Å². The van der Waals surface area contributed by atoms with Gasteiger partial charge >= 0.3 is 0 Å². The first-order valence-corrected chi connectivity index (χ1v) is 10.9. The maximum atomic E-state index is 13.4. The number of hydrogen-bond donors (Lipinski definition) is 0. The summed E-state index contributed by atoms with van der Waals surface area (Å²) in [6, 6.07) is 14.2. The summed E-state index contributed by atoms with van der Waals surface area (Å²) >= 11 is 1.76. The van der Waals surface area contributed by atoms with Gasteiger partial charge in [0.15, 0.2) is 0 Å². The maximum Gasteiger partial charge on any atom is 0.257 e. The van der Waals surface area contributed by atoms with Gasteiger partial charge in [0.25, 0.3) is 5.91 Å². The van der Waals surface area contributed by atoms with Crippen molar-refractivity contribution in [1.29, 1.82) is 0 Å². The molecular weight excluding hydrogens is 368 g/mol. The lowest BCUT2D eigenvalue weighted by atomic mass is 9.95. The summed E-state index contributed by atoms with van der Waals surface area (Å²) in [6.45, 7) is 5.76. The fourth-order valence-electron chi connectivity index (χ4n) is 4.35. The van der Waals surface area contributed by atoms with Gasteiger partial charge in [0.2, 0.25) is 0 Å². The molecule has 28 heavy (non-hydrogen) atoms. The predicted molar refractivity (Wildman–Crippen MR) is 112 cm³/mol. The van der Waals surface area contributed by atoms with Crippen LogP contribution in [0.25, 0.3) is 10.2 Å². The highest BCUT2D eigenvalue weighted by Gasteiger charge is 2.34. The molecule has 2 aromatic carbocycles. The number of ether oxygens (including phenoxy) is 1. The molecule has 0 bridgehead atoms. The lowest BCUT2D eigenvalue weighted by molar-refractivity contribution is 0.0702. The normalized spacial score (nSPS) is 24.2. The Morgan fingerprint density at radius 3 is 2.89 bits per heavy atom. The number of thiazole rings is 1. The van der Waals surface area contributed by atoms with Crippen LogP contribution in [-0.2, 0) is 0 Å². The van der Waals surface area contributed by atoms with Gasteiger partial charge in [-0.3, -0.25) is 4.79 Å². The van der Waals surface area contributed by atoms with E-state index in [1.807, 2.05) is 23.1 Å². The fourth-order valence-corrected chi connectivity index (χ4v) is 5.45. The summed E-state index contributed by atoms with van der Waals surface area (Å²) in [5, 5.41) is 1.15. The lowest BCUT2D eigenvalue weighted by Gasteiger charge is -2.32. The molecular formula is C23H24N2O2S. The summed E-state index contributed by atoms with van der Waals surface area (Å²) in [7, 11) is 0. The van der Waals surface area contributed by atoms with E-state index < -0.39 is 0 Å². The molecule has 5 rings (SSSR count). The SMILES string of the molecule is C[C@@H]1Oc2c(C(=O)N3CCC[C@@H](c4nc5ccccc5s4)C3)cccc2[C@@H]1C. The Kier molecular flexibility index (Phi) is 4.35. The molecule has 3 aromatic rings. The Balaban J connectivity index is 1.41. The van der Waals surface area contributed by atoms with Gasteiger partial charge in [0, 0.05) is 30.5 Å². The number of carbonyl (C=O) groups excluding carboxylic acids is 1. The number of aromatic nitrogens is 1. The van der Waals surface area contributed by atoms with E-state index in [0.717, 1.165) is 47.8 Å². The first kappa shape index (κ1) is 17.7. The number of benzene rings is 2. The number of fused-ring (bicyclic) bond motifs is 2. The third kappa shape index (κ3) is 2.89. The molecule has 1 fully saturated rings. The van der Waals surface area contributed by atoms with Crippen molar-refractivity contribution in [2.45, 2.75) is 44.6 Å². The minimum atomic E-state index is 0.0870. The van der Waals surface area contributed by atoms with E-state index in [1.54, 1.807) is 11.3 Å². The summed E-state index contributed by atoms with van der Waals surface area (Å²) in [6.07, 6.45) is 2.21. The molecule has 3 heterocycles. The van der Waals surface area contributed by atoms with E-state index >= 15 is 0 Å². The zero-order chi connectivity index (χ0) is 19.3. The van der Waals surface area contributed by atoms with E-state index in [0.29, 0.717) is 17.4 Å². The van der Waals surface area contributed by atoms with Crippen LogP contribution in [0.4, 0.5) is 0 Å². The van der Waals surface area contributed by atoms with Gasteiger partial charge in [-0.25, -0.2) is 4.98 Å². The summed E-state index contributed by atoms with van der Waals surface area (Å²) in [5.41, 5.74) is 2.92. The molecule has 0 spiro atoms. The second kappa shape index (κ2) is 6.89. The molecule has 1 aromatic heterocycles. The number of hydrogen-bond acceptors (Lipinski definition) is 4. The first-order chi connectivity index (χ1) is 13.6. The molecule has 2 aliphatic rings. The average Bonchev–Trinajstić information content (AvgIpc) is 3.29. The van der Waals surface area contributed by atoms with Crippen molar-refractivity contribution in [3.63, 3.8) is 0 Å². The van der Waals surface area contributed by atoms with Crippen LogP contribution in [0, 0.1) is 0 Å². The number of carbonyl (C=O) groups is 1. The molecule has 2 aliphatic heterocycles. The van der Waals surface area contributed by atoms with Gasteiger partial charge < -0.3 is 9.64 Å². The Labute approximate surface area is 169 Å². The highest BCUT2D eigenvalue weighted by molar-refractivity contribution is 7.18. The third-order valence-corrected chi connectivity index (χ3v) is 7.34. The van der Waals surface area contributed by atoms with Crippen molar-refractivity contribution in [2.24, 2.45) is 0 Å². The van der Waals surface area contributed by atoms with E-state index in [1.165, 1.54) is 4.70 Å². The second-order valence-corrected chi connectivity index (χ2v) is 9.01. The standard InChI is InChI=1S/C23H24N2O2S/c1-14-15(2)27-21-17(14)8-5-9-18(21)23(26)25-12-6-7-16(13-25)22-24-19-10-3-4-11-20(19)28-22/h3-5,8-11,14-16H,6-7,12-13H2,1-2H3/t14-,15+,16-/m1/s1. The van der Waals surface area contributed by atoms with Crippen molar-refractivity contribution in [3.05, 3.63) is 58.6 Å². The van der Waals surface area contributed by atoms with Gasteiger partial charge in [-0.15, -0.1) is 11.3 Å². The summed E-state index contributed by atoms with van der Waals surface area (Å²) in [4.78, 5) is 20.2. The van der Waals surface area contributed by atoms with Crippen molar-refractivity contribution in [2.75, 3.05) is 13.1 Å². The summed E-state index contributed by atoms with van der Waals surface area (Å²) < 4.78 is 7.28. The van der Waals surface area contributed by atoms with Crippen molar-refractivity contribution >= 4 is 27.5 Å². The number of rotatable bonds is 2. The Hall–Kier alpha value is -2.40. The van der Waals surface area contributed by atoms with E-state index in [4.69, 9.17) is 9.72 Å². The average molecular weight is 393 g/mol. The highest BCUT2D eigenvalue weighted by Crippen LogP contribution is 2.41. The Bertz CT molecular complexity index is 1010. The van der Waals surface area contributed by atoms with Gasteiger partial charge in [-0.1, -0.05) is 31.2 Å². The monoisotopic (exact) mass is 392 g/mol. The Morgan fingerprint density at radius 1 is 1.18 bits per heavy atom. The van der Waals surface area contributed by atoms with Gasteiger partial charge in [-0.2, -0.15) is 0 Å². The van der Waals surface area contributed by atoms with Crippen LogP contribution in [-0.4, -0.2) is 35.0 Å².